The lowest BCUT2D eigenvalue weighted by Gasteiger charge is -2.15. The third-order valence-electron chi connectivity index (χ3n) is 4.67. The minimum Gasteiger partial charge on any atom is -0.491 e. The van der Waals surface area contributed by atoms with Crippen molar-refractivity contribution in [3.8, 4) is 17.0 Å². The van der Waals surface area contributed by atoms with Crippen molar-refractivity contribution in [1.29, 1.82) is 0 Å². The number of anilines is 1. The summed E-state index contributed by atoms with van der Waals surface area (Å²) in [5.41, 5.74) is 8.32. The summed E-state index contributed by atoms with van der Waals surface area (Å²) in [7, 11) is 2.91. The molecule has 3 aromatic rings. The molecule has 0 amide bonds. The van der Waals surface area contributed by atoms with Crippen LogP contribution in [0.1, 0.15) is 0 Å². The number of likely N-dealkylation sites (N-methyl/N-ethyl adjacent to an activating group) is 1. The van der Waals surface area contributed by atoms with E-state index in [-0.39, 0.29) is 5.95 Å². The Kier molecular flexibility index (Phi) is 7.06. The Hall–Kier alpha value is -2.49. The number of fused-ring (bicyclic) bond motifs is 1. The van der Waals surface area contributed by atoms with Gasteiger partial charge >= 0.3 is 0 Å². The van der Waals surface area contributed by atoms with Gasteiger partial charge in [0.2, 0.25) is 5.95 Å². The molecule has 0 unspecified atom stereocenters. The zero-order chi connectivity index (χ0) is 21.7. The third kappa shape index (κ3) is 6.01. The van der Waals surface area contributed by atoms with Crippen LogP contribution < -0.4 is 10.5 Å². The molecule has 0 atom stereocenters. The summed E-state index contributed by atoms with van der Waals surface area (Å²) in [4.78, 5) is 15.1. The molecule has 162 valence electrons. The van der Waals surface area contributed by atoms with E-state index in [1.54, 1.807) is 12.4 Å². The van der Waals surface area contributed by atoms with E-state index in [4.69, 9.17) is 15.2 Å². The minimum atomic E-state index is -1.13. The fourth-order valence-corrected chi connectivity index (χ4v) is 3.70. The predicted octanol–water partition coefficient (Wildman–Crippen LogP) is 3.33. The standard InChI is InChI=1S/C21H32N6O2Si/c1-26(2)8-9-29-16-12-17-18(19-6-7-23-21(22)25-19)14-27(20(17)24-13-16)15-28-10-11-30(3,4)5/h6-7,12-14H,8-11,15H2,1-5H3,(H2,22,23,25). The van der Waals surface area contributed by atoms with Gasteiger partial charge in [-0.25, -0.2) is 15.0 Å². The first-order valence-electron chi connectivity index (χ1n) is 10.2. The number of pyridine rings is 1. The number of nitrogens with two attached hydrogens (primary N) is 1. The molecular weight excluding hydrogens is 396 g/mol. The Morgan fingerprint density at radius 3 is 2.67 bits per heavy atom. The van der Waals surface area contributed by atoms with Crippen LogP contribution in [0, 0.1) is 0 Å². The fourth-order valence-electron chi connectivity index (χ4n) is 2.94. The molecule has 0 aliphatic rings. The molecule has 0 saturated heterocycles. The number of nitrogen functional groups attached to an aromatic ring is 1. The SMILES string of the molecule is CN(C)CCOc1cnc2c(c1)c(-c1ccnc(N)n1)cn2COCC[Si](C)(C)C. The van der Waals surface area contributed by atoms with E-state index in [2.05, 4.69) is 39.5 Å². The second-order valence-corrected chi connectivity index (χ2v) is 14.5. The average molecular weight is 429 g/mol. The van der Waals surface area contributed by atoms with E-state index in [1.165, 1.54) is 0 Å². The third-order valence-corrected chi connectivity index (χ3v) is 6.38. The number of nitrogens with zero attached hydrogens (tertiary/aromatic N) is 5. The first kappa shape index (κ1) is 22.2. The zero-order valence-electron chi connectivity index (χ0n) is 18.6. The molecule has 0 aromatic carbocycles. The molecule has 0 fully saturated rings. The van der Waals surface area contributed by atoms with Gasteiger partial charge in [-0.05, 0) is 32.3 Å². The van der Waals surface area contributed by atoms with E-state index < -0.39 is 8.07 Å². The molecule has 0 spiro atoms. The Bertz CT molecular complexity index is 983. The quantitative estimate of drug-likeness (QED) is 0.391. The lowest BCUT2D eigenvalue weighted by atomic mass is 10.1. The van der Waals surface area contributed by atoms with Crippen LogP contribution in [0.4, 0.5) is 5.95 Å². The largest absolute Gasteiger partial charge is 0.491 e. The summed E-state index contributed by atoms with van der Waals surface area (Å²) >= 11 is 0. The molecule has 8 nitrogen and oxygen atoms in total. The maximum Gasteiger partial charge on any atom is 0.220 e. The van der Waals surface area contributed by atoms with Gasteiger partial charge < -0.3 is 24.7 Å². The lowest BCUT2D eigenvalue weighted by Crippen LogP contribution is -2.22. The molecule has 3 heterocycles. The molecule has 9 heteroatoms. The highest BCUT2D eigenvalue weighted by atomic mass is 28.3. The van der Waals surface area contributed by atoms with Crippen molar-refractivity contribution in [2.24, 2.45) is 0 Å². The molecule has 3 rings (SSSR count). The van der Waals surface area contributed by atoms with Crippen LogP contribution in [0.15, 0.2) is 30.7 Å². The number of hydrogen-bond acceptors (Lipinski definition) is 7. The maximum absolute atomic E-state index is 5.96. The van der Waals surface area contributed by atoms with E-state index in [0.717, 1.165) is 47.2 Å². The monoisotopic (exact) mass is 428 g/mol. The number of ether oxygens (including phenoxy) is 2. The Morgan fingerprint density at radius 1 is 1.17 bits per heavy atom. The highest BCUT2D eigenvalue weighted by Gasteiger charge is 2.16. The molecule has 2 N–H and O–H groups in total. The van der Waals surface area contributed by atoms with E-state index in [0.29, 0.717) is 13.3 Å². The van der Waals surface area contributed by atoms with Gasteiger partial charge in [-0.3, -0.25) is 0 Å². The number of aromatic nitrogens is 4. The first-order valence-corrected chi connectivity index (χ1v) is 13.9. The van der Waals surface area contributed by atoms with Crippen LogP contribution in [0.3, 0.4) is 0 Å². The summed E-state index contributed by atoms with van der Waals surface area (Å²) in [6.07, 6.45) is 5.43. The van der Waals surface area contributed by atoms with Crippen LogP contribution in [0.5, 0.6) is 5.75 Å². The maximum atomic E-state index is 5.96. The fraction of sp³-hybridized carbons (Fsp3) is 0.476. The van der Waals surface area contributed by atoms with Crippen LogP contribution in [0.2, 0.25) is 25.7 Å². The smallest absolute Gasteiger partial charge is 0.220 e. The molecule has 0 bridgehead atoms. The lowest BCUT2D eigenvalue weighted by molar-refractivity contribution is 0.0899. The van der Waals surface area contributed by atoms with Crippen LogP contribution in [-0.4, -0.2) is 66.3 Å². The molecular formula is C21H32N6O2Si. The summed E-state index contributed by atoms with van der Waals surface area (Å²) in [6, 6.07) is 4.98. The average Bonchev–Trinajstić information content (AvgIpc) is 3.02. The Balaban J connectivity index is 1.89. The Labute approximate surface area is 179 Å². The minimum absolute atomic E-state index is 0.242. The van der Waals surface area contributed by atoms with Gasteiger partial charge in [-0.2, -0.15) is 0 Å². The van der Waals surface area contributed by atoms with Gasteiger partial charge in [0.05, 0.1) is 11.9 Å². The van der Waals surface area contributed by atoms with Gasteiger partial charge in [-0.15, -0.1) is 0 Å². The van der Waals surface area contributed by atoms with E-state index in [1.807, 2.05) is 37.0 Å². The summed E-state index contributed by atoms with van der Waals surface area (Å²) in [5.74, 6) is 0.969. The normalized spacial score (nSPS) is 12.1. The zero-order valence-corrected chi connectivity index (χ0v) is 19.6. The van der Waals surface area contributed by atoms with Crippen molar-refractivity contribution in [1.82, 2.24) is 24.4 Å². The molecule has 0 saturated carbocycles. The van der Waals surface area contributed by atoms with Gasteiger partial charge in [-0.1, -0.05) is 19.6 Å². The van der Waals surface area contributed by atoms with E-state index in [9.17, 15) is 0 Å². The highest BCUT2D eigenvalue weighted by molar-refractivity contribution is 6.76. The number of rotatable bonds is 10. The van der Waals surface area contributed by atoms with Gasteiger partial charge in [0.25, 0.3) is 0 Å². The van der Waals surface area contributed by atoms with Crippen LogP contribution in [-0.2, 0) is 11.5 Å². The van der Waals surface area contributed by atoms with Crippen molar-refractivity contribution in [3.63, 3.8) is 0 Å². The van der Waals surface area contributed by atoms with E-state index >= 15 is 0 Å². The Morgan fingerprint density at radius 2 is 1.97 bits per heavy atom. The molecule has 3 aromatic heterocycles. The van der Waals surface area contributed by atoms with Gasteiger partial charge in [0, 0.05) is 44.6 Å². The topological polar surface area (TPSA) is 91.3 Å². The highest BCUT2D eigenvalue weighted by Crippen LogP contribution is 2.31. The predicted molar refractivity (Wildman–Crippen MR) is 123 cm³/mol. The van der Waals surface area contributed by atoms with Crippen molar-refractivity contribution < 1.29 is 9.47 Å². The van der Waals surface area contributed by atoms with Gasteiger partial charge in [0.15, 0.2) is 0 Å². The summed E-state index contributed by atoms with van der Waals surface area (Å²) in [5, 5.41) is 0.948. The van der Waals surface area contributed by atoms with Crippen molar-refractivity contribution in [2.45, 2.75) is 32.4 Å². The van der Waals surface area contributed by atoms with Crippen molar-refractivity contribution in [2.75, 3.05) is 39.6 Å². The second-order valence-electron chi connectivity index (χ2n) is 8.85. The number of hydrogen-bond donors (Lipinski definition) is 1. The molecule has 0 radical (unpaired) electrons. The molecule has 30 heavy (non-hydrogen) atoms. The van der Waals surface area contributed by atoms with Gasteiger partial charge in [0.1, 0.15) is 24.7 Å². The first-order chi connectivity index (χ1) is 14.2. The van der Waals surface area contributed by atoms with Crippen LogP contribution in [0.25, 0.3) is 22.3 Å². The van der Waals surface area contributed by atoms with Crippen molar-refractivity contribution >= 4 is 25.1 Å². The summed E-state index contributed by atoms with van der Waals surface area (Å²) < 4.78 is 13.9. The van der Waals surface area contributed by atoms with Crippen molar-refractivity contribution in [3.05, 3.63) is 30.7 Å². The molecule has 0 aliphatic carbocycles. The summed E-state index contributed by atoms with van der Waals surface area (Å²) in [6.45, 7) is 9.65. The van der Waals surface area contributed by atoms with Crippen LogP contribution >= 0.6 is 0 Å². The second kappa shape index (κ2) is 9.54. The molecule has 0 aliphatic heterocycles.